The Hall–Kier alpha value is -4.22. The number of carbonyl (C=O) groups is 6. The van der Waals surface area contributed by atoms with E-state index in [1.807, 2.05) is 85.7 Å². The number of ketones is 1. The van der Waals surface area contributed by atoms with Crippen molar-refractivity contribution in [3.05, 3.63) is 48.6 Å². The maximum Gasteiger partial charge on any atom is 0.315 e. The predicted molar refractivity (Wildman–Crippen MR) is 176 cm³/mol. The van der Waals surface area contributed by atoms with Crippen LogP contribution in [-0.2, 0) is 30.5 Å². The standard InChI is InChI=1S/C34H52N6O6/c1-10-14-24(27(42)30(44)36-20-25(41)35-19-22-15-12-11-13-16-22)37-29(43)26-23(21(2)3)17-18-40(26)31(45)28(33(4,5)6)38-32(46)39-34(7,8)9/h10-13,15-16,21,23-24,26,28H,1,14,17-20H2,2-9H3,(H,35,41)(H,36,44)(H,37,43)(H2,38,39,46)/t23-,24?,26+,28-/m1/s1. The molecule has 2 rings (SSSR count). The third kappa shape index (κ3) is 11.3. The lowest BCUT2D eigenvalue weighted by molar-refractivity contribution is -0.144. The van der Waals surface area contributed by atoms with Crippen LogP contribution in [0.5, 0.6) is 0 Å². The van der Waals surface area contributed by atoms with Crippen molar-refractivity contribution < 1.29 is 28.8 Å². The summed E-state index contributed by atoms with van der Waals surface area (Å²) in [4.78, 5) is 80.3. The molecule has 1 aliphatic rings. The van der Waals surface area contributed by atoms with E-state index in [-0.39, 0.29) is 31.3 Å². The maximum atomic E-state index is 14.0. The quantitative estimate of drug-likeness (QED) is 0.164. The highest BCUT2D eigenvalue weighted by atomic mass is 16.2. The molecule has 0 bridgehead atoms. The fourth-order valence-corrected chi connectivity index (χ4v) is 5.34. The molecule has 6 amide bonds. The highest BCUT2D eigenvalue weighted by Crippen LogP contribution is 2.33. The Bertz CT molecular complexity index is 1270. The molecule has 254 valence electrons. The molecule has 0 saturated carbocycles. The van der Waals surface area contributed by atoms with Crippen molar-refractivity contribution in [3.8, 4) is 0 Å². The van der Waals surface area contributed by atoms with Gasteiger partial charge < -0.3 is 31.5 Å². The largest absolute Gasteiger partial charge is 0.350 e. The van der Waals surface area contributed by atoms with Crippen molar-refractivity contribution in [2.24, 2.45) is 17.3 Å². The smallest absolute Gasteiger partial charge is 0.315 e. The molecular formula is C34H52N6O6. The minimum absolute atomic E-state index is 0.0186. The lowest BCUT2D eigenvalue weighted by atomic mass is 9.84. The molecule has 1 aliphatic heterocycles. The third-order valence-corrected chi connectivity index (χ3v) is 7.73. The maximum absolute atomic E-state index is 14.0. The molecule has 1 aromatic carbocycles. The summed E-state index contributed by atoms with van der Waals surface area (Å²) in [7, 11) is 0. The fourth-order valence-electron chi connectivity index (χ4n) is 5.34. The van der Waals surface area contributed by atoms with Gasteiger partial charge in [-0.2, -0.15) is 0 Å². The Labute approximate surface area is 272 Å². The fraction of sp³-hybridized carbons (Fsp3) is 0.588. The number of Topliss-reactive ketones (excluding diaryl/α,β-unsaturated/α-hetero) is 1. The first-order valence-electron chi connectivity index (χ1n) is 15.8. The van der Waals surface area contributed by atoms with Gasteiger partial charge in [-0.05, 0) is 56.4 Å². The molecule has 5 N–H and O–H groups in total. The first-order valence-corrected chi connectivity index (χ1v) is 15.8. The van der Waals surface area contributed by atoms with Gasteiger partial charge in [0.15, 0.2) is 0 Å². The van der Waals surface area contributed by atoms with E-state index in [1.165, 1.54) is 11.0 Å². The van der Waals surface area contributed by atoms with Crippen LogP contribution in [0.25, 0.3) is 0 Å². The van der Waals surface area contributed by atoms with E-state index in [0.29, 0.717) is 6.42 Å². The van der Waals surface area contributed by atoms with Gasteiger partial charge in [-0.25, -0.2) is 4.79 Å². The molecule has 12 nitrogen and oxygen atoms in total. The minimum Gasteiger partial charge on any atom is -0.350 e. The summed E-state index contributed by atoms with van der Waals surface area (Å²) >= 11 is 0. The molecule has 1 unspecified atom stereocenters. The number of rotatable bonds is 13. The summed E-state index contributed by atoms with van der Waals surface area (Å²) < 4.78 is 0. The van der Waals surface area contributed by atoms with Crippen LogP contribution in [0.4, 0.5) is 4.79 Å². The number of nitrogens with one attached hydrogen (secondary N) is 5. The number of nitrogens with zero attached hydrogens (tertiary/aromatic N) is 1. The van der Waals surface area contributed by atoms with Gasteiger partial charge in [0, 0.05) is 18.6 Å². The summed E-state index contributed by atoms with van der Waals surface area (Å²) in [5.41, 5.74) is -0.334. The SMILES string of the molecule is C=CCC(NC(=O)[C@@H]1[C@@H](C(C)C)CCN1C(=O)[C@@H](NC(=O)NC(C)(C)C)C(C)(C)C)C(=O)C(=O)NCC(=O)NCc1ccccc1. The van der Waals surface area contributed by atoms with Crippen LogP contribution in [0.3, 0.4) is 0 Å². The van der Waals surface area contributed by atoms with Crippen LogP contribution >= 0.6 is 0 Å². The first kappa shape index (κ1) is 38.0. The monoisotopic (exact) mass is 640 g/mol. The molecule has 4 atom stereocenters. The Morgan fingerprint density at radius 2 is 1.59 bits per heavy atom. The van der Waals surface area contributed by atoms with Gasteiger partial charge in [0.1, 0.15) is 18.1 Å². The second kappa shape index (κ2) is 16.4. The number of carbonyl (C=O) groups excluding carboxylic acids is 6. The molecule has 12 heteroatoms. The highest BCUT2D eigenvalue weighted by Gasteiger charge is 2.47. The van der Waals surface area contributed by atoms with Gasteiger partial charge in [0.2, 0.25) is 23.5 Å². The van der Waals surface area contributed by atoms with Crippen molar-refractivity contribution in [2.45, 2.75) is 98.4 Å². The van der Waals surface area contributed by atoms with Gasteiger partial charge in [0.05, 0.1) is 6.54 Å². The molecule has 1 fully saturated rings. The summed E-state index contributed by atoms with van der Waals surface area (Å²) in [6, 6.07) is 5.59. The molecule has 1 saturated heterocycles. The van der Waals surface area contributed by atoms with E-state index >= 15 is 0 Å². The zero-order chi connectivity index (χ0) is 34.8. The van der Waals surface area contributed by atoms with Crippen LogP contribution in [0.2, 0.25) is 0 Å². The van der Waals surface area contributed by atoms with Gasteiger partial charge in [0.25, 0.3) is 5.91 Å². The highest BCUT2D eigenvalue weighted by molar-refractivity contribution is 6.38. The van der Waals surface area contributed by atoms with E-state index in [1.54, 1.807) is 0 Å². The second-order valence-corrected chi connectivity index (χ2v) is 14.2. The van der Waals surface area contributed by atoms with Gasteiger partial charge in [-0.15, -0.1) is 6.58 Å². The number of urea groups is 1. The number of benzene rings is 1. The normalized spacial score (nSPS) is 17.8. The molecule has 0 spiro atoms. The number of likely N-dealkylation sites (tertiary alicyclic amines) is 1. The number of hydrogen-bond donors (Lipinski definition) is 5. The molecule has 1 aromatic rings. The average Bonchev–Trinajstić information content (AvgIpc) is 3.41. The zero-order valence-corrected chi connectivity index (χ0v) is 28.5. The Morgan fingerprint density at radius 3 is 2.13 bits per heavy atom. The van der Waals surface area contributed by atoms with Crippen molar-refractivity contribution in [2.75, 3.05) is 13.1 Å². The molecule has 0 radical (unpaired) electrons. The molecule has 46 heavy (non-hydrogen) atoms. The second-order valence-electron chi connectivity index (χ2n) is 14.2. The van der Waals surface area contributed by atoms with Crippen LogP contribution in [0, 0.1) is 17.3 Å². The van der Waals surface area contributed by atoms with Crippen molar-refractivity contribution in [1.82, 2.24) is 31.5 Å². The lowest BCUT2D eigenvalue weighted by Crippen LogP contribution is -2.61. The lowest BCUT2D eigenvalue weighted by Gasteiger charge is -2.37. The summed E-state index contributed by atoms with van der Waals surface area (Å²) in [5, 5.41) is 13.3. The molecular weight excluding hydrogens is 588 g/mol. The average molecular weight is 641 g/mol. The predicted octanol–water partition coefficient (Wildman–Crippen LogP) is 2.43. The van der Waals surface area contributed by atoms with E-state index in [0.717, 1.165) is 5.56 Å². The van der Waals surface area contributed by atoms with Gasteiger partial charge in [-0.1, -0.05) is 71.0 Å². The van der Waals surface area contributed by atoms with Crippen LogP contribution in [0.1, 0.15) is 73.8 Å². The van der Waals surface area contributed by atoms with Gasteiger partial charge in [-0.3, -0.25) is 24.0 Å². The van der Waals surface area contributed by atoms with E-state index < -0.39 is 71.1 Å². The third-order valence-electron chi connectivity index (χ3n) is 7.73. The van der Waals surface area contributed by atoms with Crippen LogP contribution in [-0.4, -0.2) is 77.1 Å². The minimum atomic E-state index is -1.25. The zero-order valence-electron chi connectivity index (χ0n) is 28.5. The number of amides is 6. The number of hydrogen-bond acceptors (Lipinski definition) is 6. The Kier molecular flexibility index (Phi) is 13.5. The first-order chi connectivity index (χ1) is 21.4. The van der Waals surface area contributed by atoms with E-state index in [4.69, 9.17) is 0 Å². The molecule has 0 aliphatic carbocycles. The Balaban J connectivity index is 2.17. The molecule has 1 heterocycles. The van der Waals surface area contributed by atoms with Crippen molar-refractivity contribution >= 4 is 35.4 Å². The topological polar surface area (TPSA) is 166 Å². The van der Waals surface area contributed by atoms with E-state index in [9.17, 15) is 28.8 Å². The van der Waals surface area contributed by atoms with Gasteiger partial charge >= 0.3 is 6.03 Å². The van der Waals surface area contributed by atoms with E-state index in [2.05, 4.69) is 33.2 Å². The van der Waals surface area contributed by atoms with Crippen LogP contribution < -0.4 is 26.6 Å². The Morgan fingerprint density at radius 1 is 0.957 bits per heavy atom. The van der Waals surface area contributed by atoms with Crippen molar-refractivity contribution in [3.63, 3.8) is 0 Å². The summed E-state index contributed by atoms with van der Waals surface area (Å²) in [6.07, 6.45) is 1.92. The summed E-state index contributed by atoms with van der Waals surface area (Å²) in [5.74, 6) is -3.64. The van der Waals surface area contributed by atoms with Crippen LogP contribution in [0.15, 0.2) is 43.0 Å². The van der Waals surface area contributed by atoms with Crippen molar-refractivity contribution in [1.29, 1.82) is 0 Å². The summed E-state index contributed by atoms with van der Waals surface area (Å²) in [6.45, 7) is 18.7. The molecule has 0 aromatic heterocycles.